The second-order valence-corrected chi connectivity index (χ2v) is 4.67. The lowest BCUT2D eigenvalue weighted by molar-refractivity contribution is 0.0467. The van der Waals surface area contributed by atoms with Crippen LogP contribution in [0.5, 0.6) is 0 Å². The van der Waals surface area contributed by atoms with Crippen molar-refractivity contribution < 1.29 is 4.74 Å². The van der Waals surface area contributed by atoms with E-state index in [-0.39, 0.29) is 0 Å². The minimum absolute atomic E-state index is 0.377. The van der Waals surface area contributed by atoms with Gasteiger partial charge in [-0.3, -0.25) is 0 Å². The van der Waals surface area contributed by atoms with E-state index in [1.54, 1.807) is 0 Å². The molecule has 0 aromatic heterocycles. The van der Waals surface area contributed by atoms with Gasteiger partial charge in [0.2, 0.25) is 0 Å². The van der Waals surface area contributed by atoms with E-state index in [0.29, 0.717) is 18.0 Å². The van der Waals surface area contributed by atoms with Crippen LogP contribution in [0.25, 0.3) is 0 Å². The monoisotopic (exact) mass is 231 g/mol. The van der Waals surface area contributed by atoms with Gasteiger partial charge in [-0.05, 0) is 18.9 Å². The van der Waals surface area contributed by atoms with Crippen LogP contribution in [0.1, 0.15) is 24.9 Å². The molecule has 1 fully saturated rings. The van der Waals surface area contributed by atoms with Gasteiger partial charge >= 0.3 is 0 Å². The van der Waals surface area contributed by atoms with E-state index in [9.17, 15) is 0 Å². The predicted octanol–water partition coefficient (Wildman–Crippen LogP) is 2.93. The summed E-state index contributed by atoms with van der Waals surface area (Å²) in [7, 11) is 0. The fraction of sp³-hybridized carbons (Fsp3) is 0.467. The van der Waals surface area contributed by atoms with Crippen molar-refractivity contribution in [1.29, 1.82) is 0 Å². The minimum Gasteiger partial charge on any atom is -0.381 e. The highest BCUT2D eigenvalue weighted by atomic mass is 16.5. The first-order valence-corrected chi connectivity index (χ1v) is 6.32. The Labute approximate surface area is 104 Å². The Morgan fingerprint density at radius 3 is 2.88 bits per heavy atom. The molecule has 1 heterocycles. The maximum absolute atomic E-state index is 5.48. The van der Waals surface area contributed by atoms with Crippen molar-refractivity contribution in [2.45, 2.75) is 25.4 Å². The molecule has 1 saturated heterocycles. The summed E-state index contributed by atoms with van der Waals surface area (Å²) in [6.45, 7) is 7.75. The largest absolute Gasteiger partial charge is 0.381 e. The third kappa shape index (κ3) is 3.18. The molecule has 0 saturated carbocycles. The quantitative estimate of drug-likeness (QED) is 0.804. The molecule has 2 rings (SSSR count). The fourth-order valence-corrected chi connectivity index (χ4v) is 2.36. The highest BCUT2D eigenvalue weighted by molar-refractivity contribution is 5.18. The summed E-state index contributed by atoms with van der Waals surface area (Å²) in [5, 5.41) is 3.68. The smallest absolute Gasteiger partial charge is 0.0543 e. The molecule has 1 aliphatic rings. The van der Waals surface area contributed by atoms with Crippen LogP contribution in [0.4, 0.5) is 0 Å². The van der Waals surface area contributed by atoms with Crippen molar-refractivity contribution in [3.8, 4) is 0 Å². The summed E-state index contributed by atoms with van der Waals surface area (Å²) in [5.74, 6) is 0.426. The molecule has 17 heavy (non-hydrogen) atoms. The second-order valence-electron chi connectivity index (χ2n) is 4.67. The summed E-state index contributed by atoms with van der Waals surface area (Å²) < 4.78 is 5.48. The lowest BCUT2D eigenvalue weighted by Gasteiger charge is -2.32. The lowest BCUT2D eigenvalue weighted by atomic mass is 9.94. The predicted molar refractivity (Wildman–Crippen MR) is 70.9 cm³/mol. The molecule has 1 aromatic carbocycles. The van der Waals surface area contributed by atoms with Gasteiger partial charge in [0.15, 0.2) is 0 Å². The Morgan fingerprint density at radius 1 is 1.41 bits per heavy atom. The summed E-state index contributed by atoms with van der Waals surface area (Å²) in [6.07, 6.45) is 3.07. The normalized spacial score (nSPS) is 26.4. The fourth-order valence-electron chi connectivity index (χ4n) is 2.36. The maximum Gasteiger partial charge on any atom is 0.0543 e. The van der Waals surface area contributed by atoms with Crippen LogP contribution in [-0.2, 0) is 4.74 Å². The molecule has 92 valence electrons. The van der Waals surface area contributed by atoms with Crippen LogP contribution in [0.15, 0.2) is 43.0 Å². The summed E-state index contributed by atoms with van der Waals surface area (Å²) >= 11 is 0. The van der Waals surface area contributed by atoms with Gasteiger partial charge < -0.3 is 10.1 Å². The zero-order valence-electron chi connectivity index (χ0n) is 10.4. The third-order valence-corrected chi connectivity index (χ3v) is 3.47. The molecule has 2 nitrogen and oxygen atoms in total. The van der Waals surface area contributed by atoms with E-state index in [4.69, 9.17) is 4.74 Å². The van der Waals surface area contributed by atoms with Gasteiger partial charge in [-0.25, -0.2) is 0 Å². The third-order valence-electron chi connectivity index (χ3n) is 3.47. The molecule has 3 atom stereocenters. The number of ether oxygens (including phenoxy) is 1. The van der Waals surface area contributed by atoms with Crippen molar-refractivity contribution in [3.05, 3.63) is 48.6 Å². The molecule has 3 unspecified atom stereocenters. The van der Waals surface area contributed by atoms with E-state index >= 15 is 0 Å². The summed E-state index contributed by atoms with van der Waals surface area (Å²) in [6, 6.07) is 11.4. The summed E-state index contributed by atoms with van der Waals surface area (Å²) in [5.41, 5.74) is 1.34. The number of benzene rings is 1. The van der Waals surface area contributed by atoms with Gasteiger partial charge in [0, 0.05) is 24.6 Å². The van der Waals surface area contributed by atoms with Gasteiger partial charge in [-0.2, -0.15) is 0 Å². The Kier molecular flexibility index (Phi) is 4.35. The molecule has 0 bridgehead atoms. The highest BCUT2D eigenvalue weighted by Gasteiger charge is 2.24. The molecular formula is C15H21NO. The molecule has 1 N–H and O–H groups in total. The topological polar surface area (TPSA) is 21.3 Å². The first-order valence-electron chi connectivity index (χ1n) is 6.32. The van der Waals surface area contributed by atoms with E-state index in [2.05, 4.69) is 49.2 Å². The molecule has 1 aromatic rings. The van der Waals surface area contributed by atoms with Crippen molar-refractivity contribution in [2.24, 2.45) is 5.92 Å². The number of nitrogens with one attached hydrogen (secondary N) is 1. The van der Waals surface area contributed by atoms with Crippen molar-refractivity contribution in [1.82, 2.24) is 5.32 Å². The van der Waals surface area contributed by atoms with Crippen LogP contribution >= 0.6 is 0 Å². The molecule has 0 spiro atoms. The van der Waals surface area contributed by atoms with E-state index < -0.39 is 0 Å². The van der Waals surface area contributed by atoms with Crippen molar-refractivity contribution in [2.75, 3.05) is 13.2 Å². The molecular weight excluding hydrogens is 210 g/mol. The lowest BCUT2D eigenvalue weighted by Crippen LogP contribution is -2.42. The molecule has 0 radical (unpaired) electrons. The van der Waals surface area contributed by atoms with Crippen molar-refractivity contribution >= 4 is 0 Å². The zero-order valence-corrected chi connectivity index (χ0v) is 10.4. The molecule has 0 amide bonds. The second kappa shape index (κ2) is 5.99. The van der Waals surface area contributed by atoms with E-state index in [0.717, 1.165) is 19.6 Å². The van der Waals surface area contributed by atoms with Crippen molar-refractivity contribution in [3.63, 3.8) is 0 Å². The minimum atomic E-state index is 0.377. The molecule has 2 heteroatoms. The highest BCUT2D eigenvalue weighted by Crippen LogP contribution is 2.20. The SMILES string of the molecule is C=CC1COCCC1NC(C)c1ccccc1. The Balaban J connectivity index is 1.97. The Hall–Kier alpha value is -1.12. The van der Waals surface area contributed by atoms with Crippen LogP contribution in [0.2, 0.25) is 0 Å². The van der Waals surface area contributed by atoms with Crippen LogP contribution < -0.4 is 5.32 Å². The maximum atomic E-state index is 5.48. The number of hydrogen-bond donors (Lipinski definition) is 1. The number of rotatable bonds is 4. The average molecular weight is 231 g/mol. The number of hydrogen-bond acceptors (Lipinski definition) is 2. The van der Waals surface area contributed by atoms with Gasteiger partial charge in [0.1, 0.15) is 0 Å². The zero-order chi connectivity index (χ0) is 12.1. The molecule has 0 aliphatic carbocycles. The Bertz CT molecular complexity index is 349. The first kappa shape index (κ1) is 12.3. The van der Waals surface area contributed by atoms with Gasteiger partial charge in [-0.1, -0.05) is 36.4 Å². The Morgan fingerprint density at radius 2 is 2.18 bits per heavy atom. The van der Waals surface area contributed by atoms with E-state index in [1.165, 1.54) is 5.56 Å². The summed E-state index contributed by atoms with van der Waals surface area (Å²) in [4.78, 5) is 0. The van der Waals surface area contributed by atoms with Crippen LogP contribution in [0, 0.1) is 5.92 Å². The molecule has 1 aliphatic heterocycles. The van der Waals surface area contributed by atoms with Crippen LogP contribution in [-0.4, -0.2) is 19.3 Å². The van der Waals surface area contributed by atoms with Gasteiger partial charge in [0.25, 0.3) is 0 Å². The standard InChI is InChI=1S/C15H21NO/c1-3-13-11-17-10-9-15(13)16-12(2)14-7-5-4-6-8-14/h3-8,12-13,15-16H,1,9-11H2,2H3. The van der Waals surface area contributed by atoms with E-state index in [1.807, 2.05) is 6.08 Å². The first-order chi connectivity index (χ1) is 8.31. The van der Waals surface area contributed by atoms with Crippen LogP contribution in [0.3, 0.4) is 0 Å². The average Bonchev–Trinajstić information content (AvgIpc) is 2.40. The van der Waals surface area contributed by atoms with Gasteiger partial charge in [-0.15, -0.1) is 6.58 Å². The van der Waals surface area contributed by atoms with Gasteiger partial charge in [0.05, 0.1) is 6.61 Å².